The van der Waals surface area contributed by atoms with Crippen molar-refractivity contribution >= 4 is 22.5 Å². The lowest BCUT2D eigenvalue weighted by molar-refractivity contribution is 0.0683. The van der Waals surface area contributed by atoms with Crippen LogP contribution >= 0.6 is 11.6 Å². The average molecular weight is 334 g/mol. The van der Waals surface area contributed by atoms with Gasteiger partial charge < -0.3 is 14.0 Å². The van der Waals surface area contributed by atoms with Crippen molar-refractivity contribution in [3.05, 3.63) is 47.2 Å². The Hall–Kier alpha value is -2.18. The van der Waals surface area contributed by atoms with E-state index in [1.807, 2.05) is 26.0 Å². The highest BCUT2D eigenvalue weighted by Crippen LogP contribution is 2.30. The molecule has 0 aliphatic rings. The summed E-state index contributed by atoms with van der Waals surface area (Å²) in [7, 11) is 0. The molecule has 2 heterocycles. The van der Waals surface area contributed by atoms with Crippen molar-refractivity contribution in [3.63, 3.8) is 0 Å². The van der Waals surface area contributed by atoms with E-state index in [2.05, 4.69) is 15.1 Å². The summed E-state index contributed by atoms with van der Waals surface area (Å²) in [4.78, 5) is 8.58. The van der Waals surface area contributed by atoms with E-state index in [0.29, 0.717) is 34.6 Å². The Morgan fingerprint density at radius 2 is 2.17 bits per heavy atom. The van der Waals surface area contributed by atoms with Gasteiger partial charge in [0.1, 0.15) is 17.4 Å². The number of benzene rings is 1. The molecule has 0 fully saturated rings. The van der Waals surface area contributed by atoms with Crippen LogP contribution in [0.1, 0.15) is 31.7 Å². The molecule has 23 heavy (non-hydrogen) atoms. The predicted molar refractivity (Wildman–Crippen MR) is 85.4 cm³/mol. The van der Waals surface area contributed by atoms with E-state index >= 15 is 0 Å². The zero-order valence-corrected chi connectivity index (χ0v) is 13.6. The molecule has 0 spiro atoms. The normalized spacial score (nSPS) is 12.5. The zero-order chi connectivity index (χ0) is 16.2. The first kappa shape index (κ1) is 15.7. The number of aromatic nitrogens is 3. The molecule has 0 unspecified atom stereocenters. The first-order chi connectivity index (χ1) is 11.2. The molecule has 0 saturated carbocycles. The van der Waals surface area contributed by atoms with Crippen molar-refractivity contribution in [2.75, 3.05) is 6.61 Å². The Morgan fingerprint density at radius 1 is 1.30 bits per heavy atom. The van der Waals surface area contributed by atoms with Crippen molar-refractivity contribution in [1.29, 1.82) is 0 Å². The van der Waals surface area contributed by atoms with Crippen molar-refractivity contribution in [1.82, 2.24) is 15.1 Å². The minimum absolute atomic E-state index is 0.152. The molecule has 2 aromatic heterocycles. The SMILES string of the molecule is CCO[C@@H](C)c1noc(COc2ccc(Cl)c3cccnc23)n1. The molecule has 6 nitrogen and oxygen atoms in total. The largest absolute Gasteiger partial charge is 0.481 e. The summed E-state index contributed by atoms with van der Waals surface area (Å²) in [5.74, 6) is 1.50. The number of pyridine rings is 1. The van der Waals surface area contributed by atoms with E-state index in [4.69, 9.17) is 25.6 Å². The minimum Gasteiger partial charge on any atom is -0.481 e. The average Bonchev–Trinajstić information content (AvgIpc) is 3.04. The molecule has 120 valence electrons. The van der Waals surface area contributed by atoms with Crippen LogP contribution in [0.3, 0.4) is 0 Å². The van der Waals surface area contributed by atoms with Gasteiger partial charge in [-0.2, -0.15) is 4.98 Å². The van der Waals surface area contributed by atoms with E-state index in [1.165, 1.54) is 0 Å². The molecular formula is C16H16ClN3O3. The van der Waals surface area contributed by atoms with Crippen LogP contribution in [0.25, 0.3) is 10.9 Å². The van der Waals surface area contributed by atoms with Crippen LogP contribution in [0.15, 0.2) is 35.0 Å². The van der Waals surface area contributed by atoms with Gasteiger partial charge in [-0.15, -0.1) is 0 Å². The van der Waals surface area contributed by atoms with Crippen LogP contribution in [-0.2, 0) is 11.3 Å². The minimum atomic E-state index is -0.212. The molecule has 0 saturated heterocycles. The lowest BCUT2D eigenvalue weighted by Crippen LogP contribution is -2.02. The molecule has 0 amide bonds. The van der Waals surface area contributed by atoms with Gasteiger partial charge in [0.05, 0.1) is 5.02 Å². The maximum Gasteiger partial charge on any atom is 0.264 e. The molecule has 3 aromatic rings. The van der Waals surface area contributed by atoms with Crippen LogP contribution in [0.2, 0.25) is 5.02 Å². The molecule has 0 radical (unpaired) electrons. The van der Waals surface area contributed by atoms with Gasteiger partial charge in [0, 0.05) is 18.2 Å². The van der Waals surface area contributed by atoms with Gasteiger partial charge in [-0.1, -0.05) is 16.8 Å². The van der Waals surface area contributed by atoms with Crippen molar-refractivity contribution in [2.24, 2.45) is 0 Å². The van der Waals surface area contributed by atoms with Gasteiger partial charge in [-0.25, -0.2) is 0 Å². The molecule has 1 aromatic carbocycles. The van der Waals surface area contributed by atoms with Crippen LogP contribution in [0, 0.1) is 0 Å². The Bertz CT molecular complexity index is 806. The molecule has 0 N–H and O–H groups in total. The molecule has 1 atom stereocenters. The summed E-state index contributed by atoms with van der Waals surface area (Å²) in [6.07, 6.45) is 1.48. The Kier molecular flexibility index (Phi) is 4.73. The van der Waals surface area contributed by atoms with Gasteiger partial charge in [-0.3, -0.25) is 4.98 Å². The van der Waals surface area contributed by atoms with Crippen LogP contribution in [0.5, 0.6) is 5.75 Å². The topological polar surface area (TPSA) is 70.3 Å². The standard InChI is InChI=1S/C16H16ClN3O3/c1-3-21-10(2)16-19-14(23-20-16)9-22-13-7-6-12(17)11-5-4-8-18-15(11)13/h4-8,10H,3,9H2,1-2H3/t10-/m0/s1. The van der Waals surface area contributed by atoms with Crippen molar-refractivity contribution in [3.8, 4) is 5.75 Å². The summed E-state index contributed by atoms with van der Waals surface area (Å²) < 4.78 is 16.4. The van der Waals surface area contributed by atoms with Gasteiger partial charge in [-0.05, 0) is 38.1 Å². The summed E-state index contributed by atoms with van der Waals surface area (Å²) in [6.45, 7) is 4.53. The molecular weight excluding hydrogens is 318 g/mol. The van der Waals surface area contributed by atoms with Gasteiger partial charge >= 0.3 is 0 Å². The summed E-state index contributed by atoms with van der Waals surface area (Å²) >= 11 is 6.16. The maximum atomic E-state index is 6.16. The number of nitrogens with zero attached hydrogens (tertiary/aromatic N) is 3. The van der Waals surface area contributed by atoms with Crippen LogP contribution in [0.4, 0.5) is 0 Å². The van der Waals surface area contributed by atoms with E-state index in [-0.39, 0.29) is 12.7 Å². The zero-order valence-electron chi connectivity index (χ0n) is 12.8. The van der Waals surface area contributed by atoms with Gasteiger partial charge in [0.25, 0.3) is 5.89 Å². The Labute approximate surface area is 138 Å². The third kappa shape index (κ3) is 3.43. The van der Waals surface area contributed by atoms with Crippen molar-refractivity contribution in [2.45, 2.75) is 26.6 Å². The highest BCUT2D eigenvalue weighted by Gasteiger charge is 2.15. The van der Waals surface area contributed by atoms with Crippen molar-refractivity contribution < 1.29 is 14.0 Å². The van der Waals surface area contributed by atoms with E-state index < -0.39 is 0 Å². The predicted octanol–water partition coefficient (Wildman–Crippen LogP) is 3.95. The highest BCUT2D eigenvalue weighted by atomic mass is 35.5. The van der Waals surface area contributed by atoms with E-state index in [0.717, 1.165) is 5.39 Å². The maximum absolute atomic E-state index is 6.16. The Morgan fingerprint density at radius 3 is 3.00 bits per heavy atom. The lowest BCUT2D eigenvalue weighted by Gasteiger charge is -2.07. The molecule has 7 heteroatoms. The first-order valence-electron chi connectivity index (χ1n) is 7.29. The quantitative estimate of drug-likeness (QED) is 0.680. The number of fused-ring (bicyclic) bond motifs is 1. The summed E-state index contributed by atoms with van der Waals surface area (Å²) in [5, 5.41) is 5.36. The highest BCUT2D eigenvalue weighted by molar-refractivity contribution is 6.35. The second-order valence-corrected chi connectivity index (χ2v) is 5.28. The molecule has 0 aliphatic heterocycles. The fourth-order valence-corrected chi connectivity index (χ4v) is 2.40. The molecule has 0 aliphatic carbocycles. The third-order valence-corrected chi connectivity index (χ3v) is 3.62. The number of hydrogen-bond acceptors (Lipinski definition) is 6. The Balaban J connectivity index is 1.75. The third-order valence-electron chi connectivity index (χ3n) is 3.29. The van der Waals surface area contributed by atoms with E-state index in [9.17, 15) is 0 Å². The van der Waals surface area contributed by atoms with Crippen LogP contribution < -0.4 is 4.74 Å². The number of halogens is 1. The lowest BCUT2D eigenvalue weighted by atomic mass is 10.2. The van der Waals surface area contributed by atoms with E-state index in [1.54, 1.807) is 18.3 Å². The fraction of sp³-hybridized carbons (Fsp3) is 0.312. The monoisotopic (exact) mass is 333 g/mol. The number of rotatable bonds is 6. The van der Waals surface area contributed by atoms with Crippen LogP contribution in [-0.4, -0.2) is 21.7 Å². The molecule has 0 bridgehead atoms. The van der Waals surface area contributed by atoms with Gasteiger partial charge in [0.2, 0.25) is 0 Å². The summed E-state index contributed by atoms with van der Waals surface area (Å²) in [6, 6.07) is 7.28. The number of ether oxygens (including phenoxy) is 2. The van der Waals surface area contributed by atoms with Gasteiger partial charge in [0.15, 0.2) is 12.4 Å². The molecule has 3 rings (SSSR count). The first-order valence-corrected chi connectivity index (χ1v) is 7.67. The number of hydrogen-bond donors (Lipinski definition) is 0. The summed E-state index contributed by atoms with van der Waals surface area (Å²) in [5.41, 5.74) is 0.697. The second kappa shape index (κ2) is 6.93. The second-order valence-electron chi connectivity index (χ2n) is 4.88. The fourth-order valence-electron chi connectivity index (χ4n) is 2.18. The smallest absolute Gasteiger partial charge is 0.264 e.